The van der Waals surface area contributed by atoms with Crippen molar-refractivity contribution in [1.82, 2.24) is 9.46 Å². The van der Waals surface area contributed by atoms with Crippen molar-refractivity contribution in [3.63, 3.8) is 0 Å². The third-order valence-corrected chi connectivity index (χ3v) is 8.66. The van der Waals surface area contributed by atoms with Gasteiger partial charge in [0.15, 0.2) is 10.7 Å². The Bertz CT molecular complexity index is 1460. The summed E-state index contributed by atoms with van der Waals surface area (Å²) in [6.45, 7) is 2.67. The largest absolute Gasteiger partial charge is 0.490 e. The van der Waals surface area contributed by atoms with E-state index < -0.39 is 21.7 Å². The van der Waals surface area contributed by atoms with E-state index in [0.717, 1.165) is 17.8 Å². The number of amides is 1. The number of para-hydroxylation sites is 2. The molecule has 0 aliphatic carbocycles. The van der Waals surface area contributed by atoms with Crippen LogP contribution in [-0.2, 0) is 14.8 Å². The van der Waals surface area contributed by atoms with E-state index >= 15 is 0 Å². The van der Waals surface area contributed by atoms with Crippen LogP contribution in [-0.4, -0.2) is 50.0 Å². The monoisotopic (exact) mass is 529 g/mol. The van der Waals surface area contributed by atoms with Gasteiger partial charge >= 0.3 is 0 Å². The lowest BCUT2D eigenvalue weighted by Gasteiger charge is -2.35. The molecule has 37 heavy (non-hydrogen) atoms. The van der Waals surface area contributed by atoms with Gasteiger partial charge in [-0.2, -0.15) is 4.31 Å². The van der Waals surface area contributed by atoms with Crippen molar-refractivity contribution in [2.24, 2.45) is 5.92 Å². The van der Waals surface area contributed by atoms with Gasteiger partial charge in [0, 0.05) is 30.6 Å². The van der Waals surface area contributed by atoms with Crippen LogP contribution in [0.15, 0.2) is 51.9 Å². The Morgan fingerprint density at radius 2 is 1.84 bits per heavy atom. The molecule has 5 rings (SSSR count). The van der Waals surface area contributed by atoms with Crippen LogP contribution in [0.4, 0.5) is 14.5 Å². The second-order valence-corrected chi connectivity index (χ2v) is 10.8. The van der Waals surface area contributed by atoms with Gasteiger partial charge in [-0.1, -0.05) is 17.3 Å². The zero-order valence-corrected chi connectivity index (χ0v) is 20.9. The number of aryl methyl sites for hydroxylation is 1. The van der Waals surface area contributed by atoms with Crippen molar-refractivity contribution in [3.8, 4) is 5.75 Å². The maximum atomic E-state index is 14.0. The summed E-state index contributed by atoms with van der Waals surface area (Å²) in [4.78, 5) is 14.9. The van der Waals surface area contributed by atoms with E-state index in [0.29, 0.717) is 31.7 Å². The molecule has 2 aliphatic heterocycles. The first-order valence-corrected chi connectivity index (χ1v) is 13.3. The molecule has 8 nitrogen and oxygen atoms in total. The van der Waals surface area contributed by atoms with E-state index in [-0.39, 0.29) is 46.8 Å². The molecule has 0 bridgehead atoms. The third kappa shape index (κ3) is 4.88. The van der Waals surface area contributed by atoms with E-state index in [2.05, 4.69) is 5.16 Å². The first-order valence-electron chi connectivity index (χ1n) is 11.9. The number of nitrogens with zero attached hydrogens (tertiary/aromatic N) is 3. The lowest BCUT2D eigenvalue weighted by atomic mass is 9.96. The Kier molecular flexibility index (Phi) is 6.82. The second-order valence-electron chi connectivity index (χ2n) is 8.94. The van der Waals surface area contributed by atoms with Gasteiger partial charge in [-0.15, -0.1) is 0 Å². The maximum Gasteiger partial charge on any atom is 0.248 e. The number of benzene rings is 2. The topological polar surface area (TPSA) is 93.0 Å². The number of halogens is 2. The molecule has 2 aromatic carbocycles. The molecule has 0 radical (unpaired) electrons. The van der Waals surface area contributed by atoms with Gasteiger partial charge in [0.1, 0.15) is 29.7 Å². The van der Waals surface area contributed by atoms with E-state index in [4.69, 9.17) is 9.26 Å². The highest BCUT2D eigenvalue weighted by atomic mass is 32.2. The highest BCUT2D eigenvalue weighted by molar-refractivity contribution is 7.89. The summed E-state index contributed by atoms with van der Waals surface area (Å²) >= 11 is 0. The Hall–Kier alpha value is -3.57. The molecule has 0 saturated carbocycles. The van der Waals surface area contributed by atoms with E-state index in [9.17, 15) is 22.0 Å². The van der Waals surface area contributed by atoms with Gasteiger partial charge in [-0.25, -0.2) is 17.2 Å². The minimum absolute atomic E-state index is 0.0427. The predicted molar refractivity (Wildman–Crippen MR) is 132 cm³/mol. The Balaban J connectivity index is 1.31. The number of aromatic nitrogens is 1. The van der Waals surface area contributed by atoms with Crippen molar-refractivity contribution >= 4 is 33.8 Å². The number of fused-ring (bicyclic) bond motifs is 1. The number of sulfonamides is 1. The molecule has 1 saturated heterocycles. The molecular weight excluding hydrogens is 504 g/mol. The van der Waals surface area contributed by atoms with Crippen LogP contribution in [0.25, 0.3) is 12.2 Å². The van der Waals surface area contributed by atoms with Crippen molar-refractivity contribution < 1.29 is 31.3 Å². The van der Waals surface area contributed by atoms with Gasteiger partial charge in [0.2, 0.25) is 15.9 Å². The molecule has 0 N–H and O–H groups in total. The van der Waals surface area contributed by atoms with Gasteiger partial charge in [0.25, 0.3) is 0 Å². The molecule has 194 valence electrons. The second kappa shape index (κ2) is 10.1. The number of ether oxygens (including phenoxy) is 1. The standard InChI is InChI=1S/C26H25F2N3O5S/c1-17-25(24(36-29-17)9-7-18-6-8-20(27)16-21(18)28)37(33,34)30-12-10-19(11-13-30)26(32)31-14-15-35-23-5-3-2-4-22(23)31/h2-9,16,19H,10-15H2,1H3/b9-7+. The number of anilines is 1. The summed E-state index contributed by atoms with van der Waals surface area (Å²) in [6.07, 6.45) is 3.34. The van der Waals surface area contributed by atoms with Gasteiger partial charge < -0.3 is 14.2 Å². The van der Waals surface area contributed by atoms with Crippen LogP contribution < -0.4 is 9.64 Å². The molecule has 11 heteroatoms. The van der Waals surface area contributed by atoms with Crippen molar-refractivity contribution in [1.29, 1.82) is 0 Å². The summed E-state index contributed by atoms with van der Waals surface area (Å²) in [5, 5.41) is 3.79. The first kappa shape index (κ1) is 25.1. The summed E-state index contributed by atoms with van der Waals surface area (Å²) in [6, 6.07) is 10.4. The zero-order chi connectivity index (χ0) is 26.2. The van der Waals surface area contributed by atoms with Crippen LogP contribution in [0, 0.1) is 24.5 Å². The fraction of sp³-hybridized carbons (Fsp3) is 0.308. The molecular formula is C26H25F2N3O5S. The lowest BCUT2D eigenvalue weighted by molar-refractivity contribution is -0.123. The number of hydrogen-bond donors (Lipinski definition) is 0. The minimum atomic E-state index is -4.00. The molecule has 0 unspecified atom stereocenters. The smallest absolute Gasteiger partial charge is 0.248 e. The number of carbonyl (C=O) groups excluding carboxylic acids is 1. The fourth-order valence-electron chi connectivity index (χ4n) is 4.69. The Labute approximate surface area is 213 Å². The van der Waals surface area contributed by atoms with Crippen LogP contribution in [0.5, 0.6) is 5.75 Å². The number of piperidine rings is 1. The molecule has 1 aromatic heterocycles. The predicted octanol–water partition coefficient (Wildman–Crippen LogP) is 4.26. The average molecular weight is 530 g/mol. The van der Waals surface area contributed by atoms with Crippen LogP contribution in [0.1, 0.15) is 29.9 Å². The number of carbonyl (C=O) groups is 1. The summed E-state index contributed by atoms with van der Waals surface area (Å²) in [5.74, 6) is -1.25. The van der Waals surface area contributed by atoms with Crippen LogP contribution in [0.3, 0.4) is 0 Å². The fourth-order valence-corrected chi connectivity index (χ4v) is 6.41. The van der Waals surface area contributed by atoms with Crippen LogP contribution >= 0.6 is 0 Å². The van der Waals surface area contributed by atoms with Crippen molar-refractivity contribution in [2.75, 3.05) is 31.1 Å². The van der Waals surface area contributed by atoms with E-state index in [1.807, 2.05) is 24.3 Å². The normalized spacial score (nSPS) is 17.1. The molecule has 1 amide bonds. The van der Waals surface area contributed by atoms with E-state index in [1.54, 1.807) is 4.90 Å². The zero-order valence-electron chi connectivity index (χ0n) is 20.1. The maximum absolute atomic E-state index is 14.0. The summed E-state index contributed by atoms with van der Waals surface area (Å²) in [5.41, 5.74) is 0.966. The third-order valence-electron chi connectivity index (χ3n) is 6.61. The number of rotatable bonds is 5. The summed E-state index contributed by atoms with van der Waals surface area (Å²) in [7, 11) is -4.00. The average Bonchev–Trinajstić information content (AvgIpc) is 3.28. The molecule has 0 atom stereocenters. The first-order chi connectivity index (χ1) is 17.8. The highest BCUT2D eigenvalue weighted by Crippen LogP contribution is 2.34. The highest BCUT2D eigenvalue weighted by Gasteiger charge is 2.38. The number of hydrogen-bond acceptors (Lipinski definition) is 6. The van der Waals surface area contributed by atoms with Gasteiger partial charge in [-0.3, -0.25) is 4.79 Å². The molecule has 3 aromatic rings. The molecule has 0 spiro atoms. The quantitative estimate of drug-likeness (QED) is 0.491. The van der Waals surface area contributed by atoms with Gasteiger partial charge in [-0.05, 0) is 56.2 Å². The lowest BCUT2D eigenvalue weighted by Crippen LogP contribution is -2.46. The van der Waals surface area contributed by atoms with Gasteiger partial charge in [0.05, 0.1) is 12.2 Å². The molecule has 3 heterocycles. The van der Waals surface area contributed by atoms with E-state index in [1.165, 1.54) is 29.4 Å². The summed E-state index contributed by atoms with van der Waals surface area (Å²) < 4.78 is 66.4. The van der Waals surface area contributed by atoms with Crippen molar-refractivity contribution in [3.05, 3.63) is 71.1 Å². The molecule has 1 fully saturated rings. The van der Waals surface area contributed by atoms with Crippen LogP contribution in [0.2, 0.25) is 0 Å². The Morgan fingerprint density at radius 1 is 1.08 bits per heavy atom. The SMILES string of the molecule is Cc1noc(/C=C/c2ccc(F)cc2F)c1S(=O)(=O)N1CCC(C(=O)N2CCOc3ccccc32)CC1. The molecule has 2 aliphatic rings. The Morgan fingerprint density at radius 3 is 2.59 bits per heavy atom. The minimum Gasteiger partial charge on any atom is -0.490 e. The van der Waals surface area contributed by atoms with Crippen molar-refractivity contribution in [2.45, 2.75) is 24.7 Å².